The molecule has 0 aliphatic carbocycles. The van der Waals surface area contributed by atoms with E-state index >= 15 is 0 Å². The first kappa shape index (κ1) is 21.9. The number of rotatable bonds is 8. The van der Waals surface area contributed by atoms with E-state index in [2.05, 4.69) is 5.32 Å². The van der Waals surface area contributed by atoms with Crippen molar-refractivity contribution in [1.82, 2.24) is 5.32 Å². The maximum atomic E-state index is 13.4. The molecule has 3 aromatic rings. The lowest BCUT2D eigenvalue weighted by atomic mass is 10.1. The van der Waals surface area contributed by atoms with Crippen molar-refractivity contribution in [3.05, 3.63) is 82.8 Å². The molecule has 0 radical (unpaired) electrons. The molecule has 1 N–H and O–H groups in total. The Morgan fingerprint density at radius 1 is 1.07 bits per heavy atom. The van der Waals surface area contributed by atoms with Crippen LogP contribution in [0.4, 0.5) is 5.69 Å². The van der Waals surface area contributed by atoms with Gasteiger partial charge in [0.2, 0.25) is 5.91 Å². The fourth-order valence-electron chi connectivity index (χ4n) is 3.11. The SMILES string of the molecule is Cc1cc(C)cc(N(CCC(=O)NCc2ccco2)S(=O)(=O)c2ccc(Cl)cc2)c1. The molecule has 0 aliphatic rings. The van der Waals surface area contributed by atoms with Crippen molar-refractivity contribution in [1.29, 1.82) is 0 Å². The summed E-state index contributed by atoms with van der Waals surface area (Å²) in [6.07, 6.45) is 1.53. The van der Waals surface area contributed by atoms with Crippen molar-refractivity contribution in [3.63, 3.8) is 0 Å². The number of amides is 1. The molecule has 0 unspecified atom stereocenters. The molecule has 3 rings (SSSR count). The third kappa shape index (κ3) is 5.43. The third-order valence-corrected chi connectivity index (χ3v) is 6.57. The van der Waals surface area contributed by atoms with Crippen LogP contribution in [0.3, 0.4) is 0 Å². The number of hydrogen-bond donors (Lipinski definition) is 1. The van der Waals surface area contributed by atoms with Crippen LogP contribution in [0.5, 0.6) is 0 Å². The van der Waals surface area contributed by atoms with E-state index in [1.165, 1.54) is 34.8 Å². The summed E-state index contributed by atoms with van der Waals surface area (Å²) in [6.45, 7) is 4.05. The lowest BCUT2D eigenvalue weighted by Crippen LogP contribution is -2.35. The van der Waals surface area contributed by atoms with Crippen LogP contribution in [0, 0.1) is 13.8 Å². The number of furan rings is 1. The summed E-state index contributed by atoms with van der Waals surface area (Å²) in [5, 5.41) is 3.19. The quantitative estimate of drug-likeness (QED) is 0.554. The van der Waals surface area contributed by atoms with Crippen LogP contribution in [0.25, 0.3) is 0 Å². The average molecular weight is 447 g/mol. The van der Waals surface area contributed by atoms with Gasteiger partial charge in [0.1, 0.15) is 5.76 Å². The summed E-state index contributed by atoms with van der Waals surface area (Å²) < 4.78 is 33.2. The molecule has 0 bridgehead atoms. The highest BCUT2D eigenvalue weighted by molar-refractivity contribution is 7.92. The van der Waals surface area contributed by atoms with Gasteiger partial charge in [0.15, 0.2) is 0 Å². The van der Waals surface area contributed by atoms with Gasteiger partial charge in [-0.25, -0.2) is 8.42 Å². The molecule has 1 heterocycles. The molecule has 0 saturated carbocycles. The van der Waals surface area contributed by atoms with Gasteiger partial charge in [-0.1, -0.05) is 17.7 Å². The van der Waals surface area contributed by atoms with Crippen LogP contribution >= 0.6 is 11.6 Å². The van der Waals surface area contributed by atoms with Gasteiger partial charge in [0.05, 0.1) is 23.4 Å². The Hall–Kier alpha value is -2.77. The molecule has 0 aliphatic heterocycles. The fourth-order valence-corrected chi connectivity index (χ4v) is 4.68. The molecule has 2 aromatic carbocycles. The maximum absolute atomic E-state index is 13.4. The van der Waals surface area contributed by atoms with E-state index in [0.29, 0.717) is 16.5 Å². The predicted molar refractivity (Wildman–Crippen MR) is 117 cm³/mol. The van der Waals surface area contributed by atoms with Crippen LogP contribution in [0.15, 0.2) is 70.2 Å². The molecular weight excluding hydrogens is 424 g/mol. The summed E-state index contributed by atoms with van der Waals surface area (Å²) >= 11 is 5.91. The van der Waals surface area contributed by atoms with Gasteiger partial charge in [0.25, 0.3) is 10.0 Å². The van der Waals surface area contributed by atoms with Crippen molar-refractivity contribution < 1.29 is 17.6 Å². The van der Waals surface area contributed by atoms with E-state index in [4.69, 9.17) is 16.0 Å². The second-order valence-electron chi connectivity index (χ2n) is 6.98. The second-order valence-corrected chi connectivity index (χ2v) is 9.28. The van der Waals surface area contributed by atoms with E-state index in [9.17, 15) is 13.2 Å². The van der Waals surface area contributed by atoms with Gasteiger partial charge in [-0.15, -0.1) is 0 Å². The van der Waals surface area contributed by atoms with Crippen LogP contribution in [0.2, 0.25) is 5.02 Å². The number of sulfonamides is 1. The second kappa shape index (κ2) is 9.36. The molecule has 158 valence electrons. The van der Waals surface area contributed by atoms with E-state index in [1.54, 1.807) is 24.3 Å². The van der Waals surface area contributed by atoms with Gasteiger partial charge < -0.3 is 9.73 Å². The Balaban J connectivity index is 1.84. The van der Waals surface area contributed by atoms with E-state index < -0.39 is 10.0 Å². The summed E-state index contributed by atoms with van der Waals surface area (Å²) in [7, 11) is -3.88. The zero-order valence-corrected chi connectivity index (χ0v) is 18.3. The number of hydrogen-bond acceptors (Lipinski definition) is 4. The monoisotopic (exact) mass is 446 g/mol. The normalized spacial score (nSPS) is 11.3. The lowest BCUT2D eigenvalue weighted by molar-refractivity contribution is -0.121. The third-order valence-electron chi connectivity index (χ3n) is 4.48. The predicted octanol–water partition coefficient (Wildman–Crippen LogP) is 4.45. The standard InChI is InChI=1S/C22H23ClN2O4S/c1-16-12-17(2)14-19(13-16)25(30(27,28)21-7-5-18(23)6-8-21)10-9-22(26)24-15-20-4-3-11-29-20/h3-8,11-14H,9-10,15H2,1-2H3,(H,24,26). The molecule has 1 amide bonds. The zero-order valence-electron chi connectivity index (χ0n) is 16.8. The summed E-state index contributed by atoms with van der Waals surface area (Å²) in [5.41, 5.74) is 2.38. The van der Waals surface area contributed by atoms with Crippen molar-refractivity contribution in [3.8, 4) is 0 Å². The van der Waals surface area contributed by atoms with E-state index in [0.717, 1.165) is 11.1 Å². The fraction of sp³-hybridized carbons (Fsp3) is 0.227. The van der Waals surface area contributed by atoms with Crippen LogP contribution < -0.4 is 9.62 Å². The lowest BCUT2D eigenvalue weighted by Gasteiger charge is -2.25. The van der Waals surface area contributed by atoms with E-state index in [-0.39, 0.29) is 30.3 Å². The molecule has 30 heavy (non-hydrogen) atoms. The minimum Gasteiger partial charge on any atom is -0.467 e. The van der Waals surface area contributed by atoms with Gasteiger partial charge in [-0.2, -0.15) is 0 Å². The topological polar surface area (TPSA) is 79.6 Å². The Labute approximate surface area is 181 Å². The smallest absolute Gasteiger partial charge is 0.264 e. The Morgan fingerprint density at radius 2 is 1.73 bits per heavy atom. The number of nitrogens with zero attached hydrogens (tertiary/aromatic N) is 1. The Bertz CT molecular complexity index is 1090. The summed E-state index contributed by atoms with van der Waals surface area (Å²) in [4.78, 5) is 12.4. The summed E-state index contributed by atoms with van der Waals surface area (Å²) in [6, 6.07) is 15.0. The molecular formula is C22H23ClN2O4S. The van der Waals surface area contributed by atoms with Crippen molar-refractivity contribution in [2.75, 3.05) is 10.8 Å². The number of benzene rings is 2. The Kier molecular flexibility index (Phi) is 6.84. The largest absolute Gasteiger partial charge is 0.467 e. The van der Waals surface area contributed by atoms with Gasteiger partial charge >= 0.3 is 0 Å². The highest BCUT2D eigenvalue weighted by Crippen LogP contribution is 2.27. The number of carbonyl (C=O) groups excluding carboxylic acids is 1. The molecule has 0 fully saturated rings. The first-order valence-corrected chi connectivity index (χ1v) is 11.2. The van der Waals surface area contributed by atoms with Gasteiger partial charge in [0, 0.05) is 18.0 Å². The molecule has 8 heteroatoms. The first-order valence-electron chi connectivity index (χ1n) is 9.41. The molecule has 1 aromatic heterocycles. The molecule has 6 nitrogen and oxygen atoms in total. The van der Waals surface area contributed by atoms with Gasteiger partial charge in [-0.05, 0) is 73.5 Å². The van der Waals surface area contributed by atoms with Crippen molar-refractivity contribution in [2.24, 2.45) is 0 Å². The maximum Gasteiger partial charge on any atom is 0.264 e. The number of nitrogens with one attached hydrogen (secondary N) is 1. The Morgan fingerprint density at radius 3 is 2.33 bits per heavy atom. The van der Waals surface area contributed by atoms with Crippen molar-refractivity contribution in [2.45, 2.75) is 31.7 Å². The summed E-state index contributed by atoms with van der Waals surface area (Å²) in [5.74, 6) is 0.357. The minimum atomic E-state index is -3.88. The number of aryl methyl sites for hydroxylation is 2. The van der Waals surface area contributed by atoms with Crippen molar-refractivity contribution >= 4 is 33.2 Å². The highest BCUT2D eigenvalue weighted by atomic mass is 35.5. The number of carbonyl (C=O) groups is 1. The van der Waals surface area contributed by atoms with Crippen LogP contribution in [0.1, 0.15) is 23.3 Å². The number of halogens is 1. The average Bonchev–Trinajstić information content (AvgIpc) is 3.19. The van der Waals surface area contributed by atoms with Gasteiger partial charge in [-0.3, -0.25) is 9.10 Å². The zero-order chi connectivity index (χ0) is 21.7. The van der Waals surface area contributed by atoms with Crippen LogP contribution in [-0.4, -0.2) is 20.9 Å². The molecule has 0 atom stereocenters. The highest BCUT2D eigenvalue weighted by Gasteiger charge is 2.26. The van der Waals surface area contributed by atoms with E-state index in [1.807, 2.05) is 19.9 Å². The van der Waals surface area contributed by atoms with Crippen LogP contribution in [-0.2, 0) is 21.4 Å². The molecule has 0 spiro atoms. The first-order chi connectivity index (χ1) is 14.3. The molecule has 0 saturated heterocycles. The minimum absolute atomic E-state index is 0.000514. The number of anilines is 1.